The summed E-state index contributed by atoms with van der Waals surface area (Å²) in [5.74, 6) is 0.105. The van der Waals surface area contributed by atoms with Crippen LogP contribution >= 0.6 is 0 Å². The average Bonchev–Trinajstić information content (AvgIpc) is 2.67. The first kappa shape index (κ1) is 12.6. The number of amides is 1. The van der Waals surface area contributed by atoms with Crippen LogP contribution in [0.15, 0.2) is 11.1 Å². The summed E-state index contributed by atoms with van der Waals surface area (Å²) < 4.78 is 0. The molecule has 1 atom stereocenters. The number of carbonyl (C=O) groups is 1. The van der Waals surface area contributed by atoms with Crippen LogP contribution in [-0.4, -0.2) is 49.6 Å². The Hall–Kier alpha value is -0.870. The lowest BCUT2D eigenvalue weighted by Crippen LogP contribution is -2.43. The molecule has 2 rings (SSSR count). The van der Waals surface area contributed by atoms with Crippen LogP contribution in [0.2, 0.25) is 0 Å². The van der Waals surface area contributed by atoms with Gasteiger partial charge in [-0.3, -0.25) is 4.79 Å². The normalized spacial score (nSPS) is 22.1. The maximum absolute atomic E-state index is 11.9. The van der Waals surface area contributed by atoms with Crippen LogP contribution in [0.4, 0.5) is 0 Å². The second kappa shape index (κ2) is 5.65. The van der Waals surface area contributed by atoms with Gasteiger partial charge in [0.1, 0.15) is 0 Å². The zero-order valence-electron chi connectivity index (χ0n) is 10.9. The van der Waals surface area contributed by atoms with Gasteiger partial charge in [-0.15, -0.1) is 0 Å². The highest BCUT2D eigenvalue weighted by atomic mass is 16.1. The molecule has 2 aliphatic heterocycles. The molecule has 2 aliphatic rings. The third-order valence-electron chi connectivity index (χ3n) is 3.66. The van der Waals surface area contributed by atoms with Gasteiger partial charge in [-0.2, -0.15) is 0 Å². The third kappa shape index (κ3) is 3.30. The molecule has 0 aromatic rings. The number of hydrogen-bond acceptors (Lipinski definition) is 3. The lowest BCUT2D eigenvalue weighted by atomic mass is 10.0. The summed E-state index contributed by atoms with van der Waals surface area (Å²) in [6.45, 7) is 9.11. The van der Waals surface area contributed by atoms with Crippen LogP contribution in [0.25, 0.3) is 0 Å². The van der Waals surface area contributed by atoms with Gasteiger partial charge in [0.25, 0.3) is 0 Å². The Bertz CT molecular complexity index is 313. The molecule has 2 saturated heterocycles. The summed E-state index contributed by atoms with van der Waals surface area (Å²) in [7, 11) is 0. The third-order valence-corrected chi connectivity index (χ3v) is 3.66. The first-order chi connectivity index (χ1) is 8.16. The highest BCUT2D eigenvalue weighted by Gasteiger charge is 2.19. The monoisotopic (exact) mass is 237 g/mol. The topological polar surface area (TPSA) is 44.4 Å². The quantitative estimate of drug-likeness (QED) is 0.700. The van der Waals surface area contributed by atoms with Crippen molar-refractivity contribution in [3.8, 4) is 0 Å². The van der Waals surface area contributed by atoms with Crippen molar-refractivity contribution in [1.82, 2.24) is 15.5 Å². The molecule has 0 radical (unpaired) electrons. The standard InChI is InChI=1S/C13H23N3O/c1-10(9-16-5-3-4-6-16)15-13(17)11(2)12-7-14-8-12/h10,14H,3-9H2,1-2H3,(H,15,17). The fourth-order valence-corrected chi connectivity index (χ4v) is 2.41. The van der Waals surface area contributed by atoms with E-state index >= 15 is 0 Å². The van der Waals surface area contributed by atoms with E-state index in [0.29, 0.717) is 0 Å². The first-order valence-electron chi connectivity index (χ1n) is 6.59. The molecular formula is C13H23N3O. The highest BCUT2D eigenvalue weighted by Crippen LogP contribution is 2.10. The van der Waals surface area contributed by atoms with Gasteiger partial charge in [-0.25, -0.2) is 0 Å². The Kier molecular flexibility index (Phi) is 4.18. The lowest BCUT2D eigenvalue weighted by Gasteiger charge is -2.24. The van der Waals surface area contributed by atoms with E-state index in [9.17, 15) is 4.79 Å². The molecule has 4 nitrogen and oxygen atoms in total. The van der Waals surface area contributed by atoms with Crippen molar-refractivity contribution < 1.29 is 4.79 Å². The number of carbonyl (C=O) groups excluding carboxylic acids is 1. The fraction of sp³-hybridized carbons (Fsp3) is 0.769. The summed E-state index contributed by atoms with van der Waals surface area (Å²) in [5, 5.41) is 6.25. The predicted molar refractivity (Wildman–Crippen MR) is 68.8 cm³/mol. The van der Waals surface area contributed by atoms with E-state index in [1.54, 1.807) is 0 Å². The van der Waals surface area contributed by atoms with Crippen LogP contribution in [0.3, 0.4) is 0 Å². The summed E-state index contributed by atoms with van der Waals surface area (Å²) in [6, 6.07) is 0.240. The Morgan fingerprint density at radius 2 is 2.06 bits per heavy atom. The Balaban J connectivity index is 1.77. The molecule has 0 spiro atoms. The van der Waals surface area contributed by atoms with Gasteiger partial charge >= 0.3 is 0 Å². The maximum Gasteiger partial charge on any atom is 0.247 e. The fourth-order valence-electron chi connectivity index (χ4n) is 2.41. The summed E-state index contributed by atoms with van der Waals surface area (Å²) in [6.07, 6.45) is 2.60. The Morgan fingerprint density at radius 3 is 2.59 bits per heavy atom. The zero-order valence-corrected chi connectivity index (χ0v) is 10.9. The molecule has 0 saturated carbocycles. The molecule has 0 aliphatic carbocycles. The molecule has 0 aromatic carbocycles. The van der Waals surface area contributed by atoms with Crippen molar-refractivity contribution >= 4 is 5.91 Å². The van der Waals surface area contributed by atoms with Crippen LogP contribution in [0.1, 0.15) is 26.7 Å². The van der Waals surface area contributed by atoms with E-state index in [1.165, 1.54) is 31.5 Å². The maximum atomic E-state index is 11.9. The van der Waals surface area contributed by atoms with Gasteiger partial charge < -0.3 is 15.5 Å². The lowest BCUT2D eigenvalue weighted by molar-refractivity contribution is -0.118. The van der Waals surface area contributed by atoms with Gasteiger partial charge in [0.2, 0.25) is 5.91 Å². The number of nitrogens with zero attached hydrogens (tertiary/aromatic N) is 1. The summed E-state index contributed by atoms with van der Waals surface area (Å²) >= 11 is 0. The second-order valence-corrected chi connectivity index (χ2v) is 5.21. The van der Waals surface area contributed by atoms with Crippen LogP contribution in [-0.2, 0) is 4.79 Å². The van der Waals surface area contributed by atoms with Gasteiger partial charge in [0, 0.05) is 31.2 Å². The van der Waals surface area contributed by atoms with E-state index in [0.717, 1.165) is 25.2 Å². The van der Waals surface area contributed by atoms with Crippen LogP contribution in [0, 0.1) is 0 Å². The molecule has 96 valence electrons. The first-order valence-corrected chi connectivity index (χ1v) is 6.59. The molecule has 2 heterocycles. The largest absolute Gasteiger partial charge is 0.349 e. The minimum absolute atomic E-state index is 0.105. The highest BCUT2D eigenvalue weighted by molar-refractivity contribution is 5.94. The van der Waals surface area contributed by atoms with Gasteiger partial charge in [-0.1, -0.05) is 0 Å². The minimum Gasteiger partial charge on any atom is -0.349 e. The summed E-state index contributed by atoms with van der Waals surface area (Å²) in [5.41, 5.74) is 2.15. The van der Waals surface area contributed by atoms with Crippen molar-refractivity contribution in [3.05, 3.63) is 11.1 Å². The van der Waals surface area contributed by atoms with E-state index in [4.69, 9.17) is 0 Å². The van der Waals surface area contributed by atoms with Crippen molar-refractivity contribution in [2.45, 2.75) is 32.7 Å². The van der Waals surface area contributed by atoms with Gasteiger partial charge in [0.15, 0.2) is 0 Å². The van der Waals surface area contributed by atoms with Crippen LogP contribution < -0.4 is 10.6 Å². The smallest absolute Gasteiger partial charge is 0.247 e. The van der Waals surface area contributed by atoms with Gasteiger partial charge in [-0.05, 0) is 45.4 Å². The molecule has 0 bridgehead atoms. The molecule has 2 fully saturated rings. The van der Waals surface area contributed by atoms with E-state index in [1.807, 2.05) is 6.92 Å². The van der Waals surface area contributed by atoms with Crippen molar-refractivity contribution in [2.24, 2.45) is 0 Å². The van der Waals surface area contributed by atoms with E-state index in [2.05, 4.69) is 22.5 Å². The molecule has 2 N–H and O–H groups in total. The number of rotatable bonds is 4. The number of hydrogen-bond donors (Lipinski definition) is 2. The summed E-state index contributed by atoms with van der Waals surface area (Å²) in [4.78, 5) is 14.4. The van der Waals surface area contributed by atoms with E-state index < -0.39 is 0 Å². The second-order valence-electron chi connectivity index (χ2n) is 5.21. The number of nitrogens with one attached hydrogen (secondary N) is 2. The van der Waals surface area contributed by atoms with Crippen LogP contribution in [0.5, 0.6) is 0 Å². The van der Waals surface area contributed by atoms with E-state index in [-0.39, 0.29) is 11.9 Å². The molecule has 17 heavy (non-hydrogen) atoms. The van der Waals surface area contributed by atoms with Crippen molar-refractivity contribution in [2.75, 3.05) is 32.7 Å². The minimum atomic E-state index is 0.105. The number of likely N-dealkylation sites (tertiary alicyclic amines) is 1. The van der Waals surface area contributed by atoms with Crippen molar-refractivity contribution in [1.29, 1.82) is 0 Å². The zero-order chi connectivity index (χ0) is 12.3. The average molecular weight is 237 g/mol. The van der Waals surface area contributed by atoms with Crippen molar-refractivity contribution in [3.63, 3.8) is 0 Å². The van der Waals surface area contributed by atoms with Gasteiger partial charge in [0.05, 0.1) is 0 Å². The molecular weight excluding hydrogens is 214 g/mol. The molecule has 0 aromatic heterocycles. The predicted octanol–water partition coefficient (Wildman–Crippen LogP) is 0.507. The molecule has 1 unspecified atom stereocenters. The molecule has 4 heteroatoms. The Morgan fingerprint density at radius 1 is 1.41 bits per heavy atom. The Labute approximate surface area is 103 Å². The SMILES string of the molecule is CC(C(=O)NC(C)CN1CCCC1)=C1CNC1. The molecule has 1 amide bonds.